The summed E-state index contributed by atoms with van der Waals surface area (Å²) in [6, 6.07) is 5.22. The molecule has 0 amide bonds. The van der Waals surface area contributed by atoms with E-state index in [4.69, 9.17) is 5.73 Å². The minimum Gasteiger partial charge on any atom is -0.322 e. The molecule has 1 aromatic rings. The Balaban J connectivity index is 1.95. The molecule has 0 saturated heterocycles. The molecule has 1 atom stereocenters. The lowest BCUT2D eigenvalue weighted by Gasteiger charge is -2.32. The van der Waals surface area contributed by atoms with Crippen LogP contribution in [0.2, 0.25) is 0 Å². The quantitative estimate of drug-likeness (QED) is 0.851. The van der Waals surface area contributed by atoms with Crippen molar-refractivity contribution in [3.8, 4) is 0 Å². The zero-order valence-corrected chi connectivity index (χ0v) is 12.5. The van der Waals surface area contributed by atoms with E-state index in [0.29, 0.717) is 0 Å². The predicted octanol–water partition coefficient (Wildman–Crippen LogP) is 3.65. The second kappa shape index (κ2) is 6.69. The van der Waals surface area contributed by atoms with E-state index in [2.05, 4.69) is 36.3 Å². The lowest BCUT2D eigenvalue weighted by molar-refractivity contribution is 0.167. The van der Waals surface area contributed by atoms with Crippen LogP contribution in [-0.2, 0) is 0 Å². The van der Waals surface area contributed by atoms with E-state index in [1.54, 1.807) is 11.3 Å². The van der Waals surface area contributed by atoms with Gasteiger partial charge in [0.2, 0.25) is 0 Å². The molecule has 0 spiro atoms. The van der Waals surface area contributed by atoms with Crippen molar-refractivity contribution in [2.24, 2.45) is 11.7 Å². The van der Waals surface area contributed by atoms with E-state index in [9.17, 15) is 0 Å². The predicted molar refractivity (Wildman–Crippen MR) is 79.9 cm³/mol. The molecule has 0 aliphatic heterocycles. The standard InChI is InChI=1S/C15H26N2S/c1-12(2)10-17(13-6-3-4-7-13)11-14(16)15-8-5-9-18-15/h5,8-9,12-14H,3-4,6-7,10-11,16H2,1-2H3. The number of thiophene rings is 1. The van der Waals surface area contributed by atoms with Crippen LogP contribution < -0.4 is 5.73 Å². The zero-order valence-electron chi connectivity index (χ0n) is 11.6. The second-order valence-corrected chi connectivity index (χ2v) is 6.89. The Morgan fingerprint density at radius 1 is 1.33 bits per heavy atom. The molecular formula is C15H26N2S. The van der Waals surface area contributed by atoms with Crippen molar-refractivity contribution in [2.45, 2.75) is 51.6 Å². The van der Waals surface area contributed by atoms with Gasteiger partial charge in [-0.2, -0.15) is 0 Å². The van der Waals surface area contributed by atoms with Gasteiger partial charge in [0.25, 0.3) is 0 Å². The van der Waals surface area contributed by atoms with Gasteiger partial charge in [0.05, 0.1) is 6.04 Å². The average molecular weight is 266 g/mol. The van der Waals surface area contributed by atoms with Crippen molar-refractivity contribution in [1.29, 1.82) is 0 Å². The fourth-order valence-corrected chi connectivity index (χ4v) is 3.68. The van der Waals surface area contributed by atoms with Crippen LogP contribution in [0.25, 0.3) is 0 Å². The van der Waals surface area contributed by atoms with Crippen LogP contribution in [0.5, 0.6) is 0 Å². The van der Waals surface area contributed by atoms with E-state index >= 15 is 0 Å². The van der Waals surface area contributed by atoms with E-state index in [0.717, 1.165) is 18.5 Å². The highest BCUT2D eigenvalue weighted by atomic mass is 32.1. The van der Waals surface area contributed by atoms with E-state index in [-0.39, 0.29) is 6.04 Å². The Kier molecular flexibility index (Phi) is 5.22. The summed E-state index contributed by atoms with van der Waals surface area (Å²) in [5, 5.41) is 2.12. The number of hydrogen-bond acceptors (Lipinski definition) is 3. The Hall–Kier alpha value is -0.380. The van der Waals surface area contributed by atoms with E-state index < -0.39 is 0 Å². The molecule has 3 heteroatoms. The van der Waals surface area contributed by atoms with Crippen molar-refractivity contribution < 1.29 is 0 Å². The van der Waals surface area contributed by atoms with Gasteiger partial charge in [-0.25, -0.2) is 0 Å². The summed E-state index contributed by atoms with van der Waals surface area (Å²) in [5.41, 5.74) is 6.35. The summed E-state index contributed by atoms with van der Waals surface area (Å²) in [4.78, 5) is 3.96. The lowest BCUT2D eigenvalue weighted by atomic mass is 10.1. The van der Waals surface area contributed by atoms with Crippen LogP contribution in [0.4, 0.5) is 0 Å². The van der Waals surface area contributed by atoms with Gasteiger partial charge < -0.3 is 5.73 Å². The maximum atomic E-state index is 6.35. The monoisotopic (exact) mass is 266 g/mol. The molecule has 0 radical (unpaired) electrons. The first-order valence-corrected chi connectivity index (χ1v) is 8.08. The first-order chi connectivity index (χ1) is 8.66. The maximum absolute atomic E-state index is 6.35. The highest BCUT2D eigenvalue weighted by Gasteiger charge is 2.25. The maximum Gasteiger partial charge on any atom is 0.0519 e. The Morgan fingerprint density at radius 2 is 2.06 bits per heavy atom. The van der Waals surface area contributed by atoms with E-state index in [1.807, 2.05) is 0 Å². The first kappa shape index (κ1) is 14.0. The summed E-state index contributed by atoms with van der Waals surface area (Å²) in [6.07, 6.45) is 5.52. The molecule has 2 nitrogen and oxygen atoms in total. The summed E-state index contributed by atoms with van der Waals surface area (Å²) in [7, 11) is 0. The third-order valence-corrected chi connectivity index (χ3v) is 4.78. The topological polar surface area (TPSA) is 29.3 Å². The Morgan fingerprint density at radius 3 is 2.61 bits per heavy atom. The van der Waals surface area contributed by atoms with Gasteiger partial charge >= 0.3 is 0 Å². The smallest absolute Gasteiger partial charge is 0.0519 e. The largest absolute Gasteiger partial charge is 0.322 e. The molecular weight excluding hydrogens is 240 g/mol. The van der Waals surface area contributed by atoms with Gasteiger partial charge in [0.1, 0.15) is 0 Å². The number of nitrogens with zero attached hydrogens (tertiary/aromatic N) is 1. The molecule has 0 aromatic carbocycles. The van der Waals surface area contributed by atoms with Crippen molar-refractivity contribution >= 4 is 11.3 Å². The molecule has 1 aromatic heterocycles. The van der Waals surface area contributed by atoms with Gasteiger partial charge in [-0.15, -0.1) is 11.3 Å². The lowest BCUT2D eigenvalue weighted by Crippen LogP contribution is -2.40. The molecule has 2 N–H and O–H groups in total. The average Bonchev–Trinajstić information content (AvgIpc) is 3.01. The molecule has 1 aliphatic carbocycles. The molecule has 1 fully saturated rings. The summed E-state index contributed by atoms with van der Waals surface area (Å²) in [6.45, 7) is 6.81. The number of hydrogen-bond donors (Lipinski definition) is 1. The molecule has 2 rings (SSSR count). The highest BCUT2D eigenvalue weighted by Crippen LogP contribution is 2.26. The van der Waals surface area contributed by atoms with Crippen LogP contribution in [0.3, 0.4) is 0 Å². The van der Waals surface area contributed by atoms with Crippen LogP contribution >= 0.6 is 11.3 Å². The number of rotatable bonds is 6. The van der Waals surface area contributed by atoms with Crippen LogP contribution in [0, 0.1) is 5.92 Å². The van der Waals surface area contributed by atoms with Gasteiger partial charge in [-0.3, -0.25) is 4.90 Å². The normalized spacial score (nSPS) is 18.9. The fraction of sp³-hybridized carbons (Fsp3) is 0.733. The van der Waals surface area contributed by atoms with Crippen molar-refractivity contribution in [1.82, 2.24) is 4.90 Å². The Bertz CT molecular complexity index is 328. The fourth-order valence-electron chi connectivity index (χ4n) is 2.96. The molecule has 1 unspecified atom stereocenters. The van der Waals surface area contributed by atoms with Gasteiger partial charge in [0, 0.05) is 24.0 Å². The highest BCUT2D eigenvalue weighted by molar-refractivity contribution is 7.10. The molecule has 1 aliphatic rings. The summed E-state index contributed by atoms with van der Waals surface area (Å²) in [5.74, 6) is 0.723. The summed E-state index contributed by atoms with van der Waals surface area (Å²) >= 11 is 1.78. The minimum atomic E-state index is 0.185. The van der Waals surface area contributed by atoms with Crippen molar-refractivity contribution in [3.63, 3.8) is 0 Å². The molecule has 1 heterocycles. The third kappa shape index (κ3) is 3.81. The van der Waals surface area contributed by atoms with Gasteiger partial charge in [-0.1, -0.05) is 32.8 Å². The zero-order chi connectivity index (χ0) is 13.0. The first-order valence-electron chi connectivity index (χ1n) is 7.20. The van der Waals surface area contributed by atoms with Crippen LogP contribution in [-0.4, -0.2) is 24.0 Å². The third-order valence-electron chi connectivity index (χ3n) is 3.78. The van der Waals surface area contributed by atoms with Gasteiger partial charge in [-0.05, 0) is 30.2 Å². The minimum absolute atomic E-state index is 0.185. The van der Waals surface area contributed by atoms with Crippen LogP contribution in [0.1, 0.15) is 50.4 Å². The van der Waals surface area contributed by atoms with E-state index in [1.165, 1.54) is 37.1 Å². The molecule has 18 heavy (non-hydrogen) atoms. The van der Waals surface area contributed by atoms with Crippen molar-refractivity contribution in [3.05, 3.63) is 22.4 Å². The number of nitrogens with two attached hydrogens (primary N) is 1. The molecule has 1 saturated carbocycles. The Labute approximate surface area is 115 Å². The SMILES string of the molecule is CC(C)CN(CC(N)c1cccs1)C1CCCC1. The van der Waals surface area contributed by atoms with Crippen molar-refractivity contribution in [2.75, 3.05) is 13.1 Å². The molecule has 102 valence electrons. The molecule has 0 bridgehead atoms. The summed E-state index contributed by atoms with van der Waals surface area (Å²) < 4.78 is 0. The van der Waals surface area contributed by atoms with Crippen LogP contribution in [0.15, 0.2) is 17.5 Å². The second-order valence-electron chi connectivity index (χ2n) is 5.91. The van der Waals surface area contributed by atoms with Gasteiger partial charge in [0.15, 0.2) is 0 Å².